The fraction of sp³-hybridized carbons (Fsp3) is 0.0769. The van der Waals surface area contributed by atoms with E-state index < -0.39 is 0 Å². The molecule has 0 saturated carbocycles. The van der Waals surface area contributed by atoms with E-state index in [-0.39, 0.29) is 26.0 Å². The van der Waals surface area contributed by atoms with Crippen molar-refractivity contribution < 1.29 is 0 Å². The lowest BCUT2D eigenvalue weighted by Gasteiger charge is -2.03. The van der Waals surface area contributed by atoms with E-state index in [1.165, 1.54) is 12.1 Å². The van der Waals surface area contributed by atoms with Crippen molar-refractivity contribution in [1.29, 1.82) is 0 Å². The quantitative estimate of drug-likeness (QED) is 0.323. The molecule has 6 heteroatoms. The molecule has 0 spiro atoms. The third-order valence-electron chi connectivity index (χ3n) is 4.91. The van der Waals surface area contributed by atoms with Crippen LogP contribution in [0.25, 0.3) is 32.8 Å². The summed E-state index contributed by atoms with van der Waals surface area (Å²) >= 11 is 0. The molecule has 4 heterocycles. The molecule has 0 radical (unpaired) electrons. The summed E-state index contributed by atoms with van der Waals surface area (Å²) in [6.07, 6.45) is 7.28. The van der Waals surface area contributed by atoms with Crippen molar-refractivity contribution in [3.05, 3.63) is 118 Å². The van der Waals surface area contributed by atoms with Crippen molar-refractivity contribution in [3.63, 3.8) is 0 Å². The Hall–Kier alpha value is -4.32. The number of nitrogens with zero attached hydrogens (tertiary/aromatic N) is 4. The number of hydrogen-bond acceptors (Lipinski definition) is 4. The van der Waals surface area contributed by atoms with Crippen LogP contribution in [0.1, 0.15) is 14.9 Å². The first kappa shape index (κ1) is 22.4. The molecule has 0 saturated heterocycles. The molecule has 0 bridgehead atoms. The molecule has 160 valence electrons. The van der Waals surface area contributed by atoms with Gasteiger partial charge in [0.1, 0.15) is 11.3 Å². The Morgan fingerprint density at radius 3 is 1.31 bits per heavy atom. The topological polar surface area (TPSA) is 68.7 Å². The summed E-state index contributed by atoms with van der Waals surface area (Å²) in [5, 5.41) is 4.18. The van der Waals surface area contributed by atoms with Gasteiger partial charge in [-0.25, -0.2) is 0 Å². The van der Waals surface area contributed by atoms with Gasteiger partial charge in [0.2, 0.25) is 0 Å². The molecule has 0 unspecified atom stereocenters. The van der Waals surface area contributed by atoms with Crippen molar-refractivity contribution in [2.24, 2.45) is 0 Å². The van der Waals surface area contributed by atoms with Crippen molar-refractivity contribution in [3.8, 4) is 0 Å². The number of rotatable bonds is 0. The zero-order chi connectivity index (χ0) is 20.5. The average molecular weight is 425 g/mol. The second-order valence-electron chi connectivity index (χ2n) is 6.80. The van der Waals surface area contributed by atoms with Crippen LogP contribution in [0.4, 0.5) is 0 Å². The zero-order valence-electron chi connectivity index (χ0n) is 15.8. The van der Waals surface area contributed by atoms with Gasteiger partial charge >= 0.3 is 0 Å². The van der Waals surface area contributed by atoms with E-state index in [1.54, 1.807) is 12.4 Å². The zero-order valence-corrected chi connectivity index (χ0v) is 15.8. The maximum atomic E-state index is 11.2. The summed E-state index contributed by atoms with van der Waals surface area (Å²) < 4.78 is 3.70. The third kappa shape index (κ3) is 4.11. The number of benzene rings is 2. The average Bonchev–Trinajstić information content (AvgIpc) is 2.79. The van der Waals surface area contributed by atoms with Crippen LogP contribution in [0.5, 0.6) is 0 Å². The molecular weight excluding hydrogens is 400 g/mol. The molecule has 6 rings (SSSR count). The molecule has 2 aromatic carbocycles. The van der Waals surface area contributed by atoms with E-state index in [9.17, 15) is 9.59 Å². The van der Waals surface area contributed by atoms with E-state index in [2.05, 4.69) is 9.97 Å². The highest BCUT2D eigenvalue weighted by atomic mass is 16.1. The maximum absolute atomic E-state index is 11.2. The third-order valence-corrected chi connectivity index (χ3v) is 4.91. The molecule has 0 amide bonds. The van der Waals surface area contributed by atoms with Gasteiger partial charge in [-0.15, -0.1) is 0 Å². The van der Waals surface area contributed by atoms with Gasteiger partial charge in [0.15, 0.2) is 0 Å². The second kappa shape index (κ2) is 9.22. The molecule has 0 aliphatic carbocycles. The van der Waals surface area contributed by atoms with E-state index >= 15 is 0 Å². The van der Waals surface area contributed by atoms with Crippen LogP contribution >= 0.6 is 0 Å². The Bertz CT molecular complexity index is 1530. The van der Waals surface area contributed by atoms with E-state index in [0.717, 1.165) is 21.5 Å². The van der Waals surface area contributed by atoms with Crippen molar-refractivity contribution >= 4 is 32.8 Å². The predicted octanol–water partition coefficient (Wildman–Crippen LogP) is 4.97. The molecule has 6 aromatic rings. The minimum absolute atomic E-state index is 0. The fourth-order valence-electron chi connectivity index (χ4n) is 3.48. The van der Waals surface area contributed by atoms with Gasteiger partial charge in [-0.1, -0.05) is 63.4 Å². The smallest absolute Gasteiger partial charge is 0.273 e. The monoisotopic (exact) mass is 424 g/mol. The first-order valence-electron chi connectivity index (χ1n) is 9.43. The molecule has 6 nitrogen and oxygen atoms in total. The van der Waals surface area contributed by atoms with Gasteiger partial charge in [0.05, 0.1) is 0 Å². The lowest BCUT2D eigenvalue weighted by molar-refractivity contribution is 1.09. The van der Waals surface area contributed by atoms with E-state index in [1.807, 2.05) is 81.9 Å². The van der Waals surface area contributed by atoms with Gasteiger partial charge < -0.3 is 8.80 Å². The van der Waals surface area contributed by atoms with Crippen LogP contribution in [0.2, 0.25) is 0 Å². The van der Waals surface area contributed by atoms with Crippen molar-refractivity contribution in [1.82, 2.24) is 18.8 Å². The Morgan fingerprint density at radius 2 is 0.875 bits per heavy atom. The van der Waals surface area contributed by atoms with Crippen LogP contribution in [-0.2, 0) is 0 Å². The molecule has 4 aromatic heterocycles. The Balaban J connectivity index is 0.000000170. The Labute approximate surface area is 185 Å². The summed E-state index contributed by atoms with van der Waals surface area (Å²) in [6, 6.07) is 22.7. The van der Waals surface area contributed by atoms with Crippen LogP contribution in [0.3, 0.4) is 0 Å². The van der Waals surface area contributed by atoms with Crippen molar-refractivity contribution in [2.45, 2.75) is 14.9 Å². The van der Waals surface area contributed by atoms with Crippen LogP contribution in [-0.4, -0.2) is 18.8 Å². The molecule has 0 N–H and O–H groups in total. The van der Waals surface area contributed by atoms with E-state index in [0.29, 0.717) is 11.3 Å². The Kier molecular flexibility index (Phi) is 6.45. The first-order valence-corrected chi connectivity index (χ1v) is 9.43. The van der Waals surface area contributed by atoms with Crippen molar-refractivity contribution in [2.75, 3.05) is 0 Å². The standard InChI is InChI=1S/2C12H8N2O.2CH4/c2*15-11-6-8-14-7-5-9-3-1-2-4-10(9)12(14)13-11;;/h2*1-8H;2*1H4. The minimum Gasteiger partial charge on any atom is -0.308 e. The second-order valence-corrected chi connectivity index (χ2v) is 6.80. The van der Waals surface area contributed by atoms with Crippen LogP contribution in [0, 0.1) is 0 Å². The Morgan fingerprint density at radius 1 is 0.500 bits per heavy atom. The normalized spacial score (nSPS) is 10.2. The molecular formula is C26H24N4O2. The molecule has 0 atom stereocenters. The van der Waals surface area contributed by atoms with Gasteiger partial charge in [-0.3, -0.25) is 9.59 Å². The first-order chi connectivity index (χ1) is 14.7. The van der Waals surface area contributed by atoms with Gasteiger partial charge in [0.25, 0.3) is 11.1 Å². The van der Waals surface area contributed by atoms with Gasteiger partial charge in [-0.05, 0) is 22.9 Å². The highest BCUT2D eigenvalue weighted by molar-refractivity contribution is 5.94. The number of pyridine rings is 2. The number of fused-ring (bicyclic) bond motifs is 6. The highest BCUT2D eigenvalue weighted by Gasteiger charge is 2.01. The molecule has 0 aliphatic heterocycles. The largest absolute Gasteiger partial charge is 0.308 e. The number of hydrogen-bond donors (Lipinski definition) is 0. The molecule has 0 fully saturated rings. The lowest BCUT2D eigenvalue weighted by Crippen LogP contribution is -2.06. The predicted molar refractivity (Wildman–Crippen MR) is 131 cm³/mol. The number of aromatic nitrogens is 4. The van der Waals surface area contributed by atoms with E-state index in [4.69, 9.17) is 0 Å². The summed E-state index contributed by atoms with van der Waals surface area (Å²) in [5.74, 6) is 0. The molecule has 32 heavy (non-hydrogen) atoms. The van der Waals surface area contributed by atoms with Gasteiger partial charge in [0, 0.05) is 47.7 Å². The lowest BCUT2D eigenvalue weighted by atomic mass is 10.2. The highest BCUT2D eigenvalue weighted by Crippen LogP contribution is 2.17. The van der Waals surface area contributed by atoms with Gasteiger partial charge in [-0.2, -0.15) is 9.97 Å². The minimum atomic E-state index is -0.202. The summed E-state index contributed by atoms with van der Waals surface area (Å²) in [6.45, 7) is 0. The summed E-state index contributed by atoms with van der Waals surface area (Å²) in [5.41, 5.74) is 1.01. The fourth-order valence-corrected chi connectivity index (χ4v) is 3.48. The maximum Gasteiger partial charge on any atom is 0.273 e. The van der Waals surface area contributed by atoms with Crippen LogP contribution in [0.15, 0.2) is 107 Å². The summed E-state index contributed by atoms with van der Waals surface area (Å²) in [4.78, 5) is 30.4. The SMILES string of the molecule is C.C.O=c1ccn2ccc3ccccc3c2n1.O=c1ccn2ccc3ccccc3c2n1. The van der Waals surface area contributed by atoms with Crippen LogP contribution < -0.4 is 11.1 Å². The summed E-state index contributed by atoms with van der Waals surface area (Å²) in [7, 11) is 0. The molecule has 0 aliphatic rings.